The summed E-state index contributed by atoms with van der Waals surface area (Å²) in [7, 11) is -2.45. The molecule has 0 amide bonds. The molecule has 0 radical (unpaired) electrons. The molecule has 0 bridgehead atoms. The maximum Gasteiger partial charge on any atom is 0.374 e. The molecular formula is C9H15ClN3O3P. The Hall–Kier alpha value is -0.650. The Morgan fingerprint density at radius 2 is 2.18 bits per heavy atom. The van der Waals surface area contributed by atoms with Crippen molar-refractivity contribution in [3.8, 4) is 0 Å². The number of nitrogens with zero attached hydrogens (tertiary/aromatic N) is 2. The fraction of sp³-hybridized carbons (Fsp3) is 0.444. The van der Waals surface area contributed by atoms with E-state index < -0.39 is 7.60 Å². The van der Waals surface area contributed by atoms with Gasteiger partial charge in [-0.25, -0.2) is 4.98 Å². The maximum absolute atomic E-state index is 11.1. The third kappa shape index (κ3) is 2.78. The number of pyridine rings is 1. The number of hydrogen-bond donors (Lipinski definition) is 3. The van der Waals surface area contributed by atoms with Crippen LogP contribution in [0.4, 0.5) is 5.82 Å². The van der Waals surface area contributed by atoms with Crippen molar-refractivity contribution in [3.05, 3.63) is 17.7 Å². The smallest absolute Gasteiger partial charge is 0.359 e. The Morgan fingerprint density at radius 1 is 1.53 bits per heavy atom. The Balaban J connectivity index is 0.00000144. The van der Waals surface area contributed by atoms with Gasteiger partial charge in [0.2, 0.25) is 0 Å². The van der Waals surface area contributed by atoms with Crippen LogP contribution >= 0.6 is 20.0 Å². The number of nitrogens with two attached hydrogens (primary N) is 1. The van der Waals surface area contributed by atoms with Crippen molar-refractivity contribution in [3.63, 3.8) is 0 Å². The molecule has 0 saturated carbocycles. The second-order valence-electron chi connectivity index (χ2n) is 3.94. The van der Waals surface area contributed by atoms with Gasteiger partial charge < -0.3 is 20.4 Å². The molecule has 1 aliphatic heterocycles. The highest BCUT2D eigenvalue weighted by Crippen LogP contribution is 2.35. The maximum atomic E-state index is 11.1. The lowest BCUT2D eigenvalue weighted by atomic mass is 10.0. The Morgan fingerprint density at radius 3 is 2.76 bits per heavy atom. The van der Waals surface area contributed by atoms with Crippen LogP contribution in [0.3, 0.4) is 0 Å². The lowest BCUT2D eigenvalue weighted by Crippen LogP contribution is -2.33. The minimum absolute atomic E-state index is 0. The molecule has 1 aliphatic rings. The van der Waals surface area contributed by atoms with Crippen molar-refractivity contribution in [2.24, 2.45) is 5.73 Å². The summed E-state index contributed by atoms with van der Waals surface area (Å²) in [5.74, 6) is 0.569. The summed E-state index contributed by atoms with van der Waals surface area (Å²) in [4.78, 5) is 23.9. The van der Waals surface area contributed by atoms with E-state index in [-0.39, 0.29) is 23.9 Å². The normalized spacial score (nSPS) is 19.5. The third-order valence-electron chi connectivity index (χ3n) is 2.73. The van der Waals surface area contributed by atoms with Gasteiger partial charge >= 0.3 is 7.60 Å². The van der Waals surface area contributed by atoms with E-state index in [4.69, 9.17) is 15.5 Å². The average Bonchev–Trinajstić information content (AvgIpc) is 2.22. The van der Waals surface area contributed by atoms with Gasteiger partial charge in [0.15, 0.2) is 5.44 Å². The van der Waals surface area contributed by atoms with Crippen molar-refractivity contribution >= 4 is 31.3 Å². The van der Waals surface area contributed by atoms with Crippen LogP contribution in [0.1, 0.15) is 18.0 Å². The van der Waals surface area contributed by atoms with Crippen LogP contribution in [0.15, 0.2) is 12.1 Å². The van der Waals surface area contributed by atoms with E-state index in [0.29, 0.717) is 5.82 Å². The standard InChI is InChI=1S/C9H14N3O3P.ClH/c1-12-5-4-7(10)6-2-3-8(11-9(6)12)16(13,14)15;/h2-3,7H,4-5,10H2,1H3,(H2,13,14,15);1H. The van der Waals surface area contributed by atoms with Crippen molar-refractivity contribution in [2.75, 3.05) is 18.5 Å². The van der Waals surface area contributed by atoms with E-state index in [1.54, 1.807) is 6.07 Å². The SMILES string of the molecule is CN1CCC(N)c2ccc(P(=O)(O)O)nc21.Cl. The highest BCUT2D eigenvalue weighted by molar-refractivity contribution is 7.60. The van der Waals surface area contributed by atoms with Crippen LogP contribution in [-0.2, 0) is 4.57 Å². The highest BCUT2D eigenvalue weighted by Gasteiger charge is 2.26. The van der Waals surface area contributed by atoms with E-state index in [0.717, 1.165) is 18.5 Å². The summed E-state index contributed by atoms with van der Waals surface area (Å²) in [5.41, 5.74) is 6.54. The average molecular weight is 280 g/mol. The van der Waals surface area contributed by atoms with Gasteiger partial charge in [-0.2, -0.15) is 0 Å². The van der Waals surface area contributed by atoms with Gasteiger partial charge in [0.25, 0.3) is 0 Å². The first kappa shape index (κ1) is 14.4. The second-order valence-corrected chi connectivity index (χ2v) is 5.49. The fourth-order valence-electron chi connectivity index (χ4n) is 1.80. The zero-order chi connectivity index (χ0) is 11.9. The molecule has 1 aromatic rings. The molecule has 2 heterocycles. The van der Waals surface area contributed by atoms with Crippen molar-refractivity contribution in [2.45, 2.75) is 12.5 Å². The second kappa shape index (κ2) is 4.92. The van der Waals surface area contributed by atoms with Gasteiger partial charge in [0.1, 0.15) is 5.82 Å². The zero-order valence-corrected chi connectivity index (χ0v) is 11.0. The summed E-state index contributed by atoms with van der Waals surface area (Å²) < 4.78 is 11.1. The van der Waals surface area contributed by atoms with Crippen LogP contribution in [0.5, 0.6) is 0 Å². The van der Waals surface area contributed by atoms with Gasteiger partial charge in [-0.05, 0) is 12.5 Å². The molecule has 0 spiro atoms. The molecule has 1 unspecified atom stereocenters. The lowest BCUT2D eigenvalue weighted by Gasteiger charge is -2.30. The first-order valence-electron chi connectivity index (χ1n) is 4.93. The van der Waals surface area contributed by atoms with E-state index >= 15 is 0 Å². The number of halogens is 1. The quantitative estimate of drug-likeness (QED) is 0.633. The molecule has 1 atom stereocenters. The number of aromatic nitrogens is 1. The van der Waals surface area contributed by atoms with Crippen LogP contribution in [0.2, 0.25) is 0 Å². The summed E-state index contributed by atoms with van der Waals surface area (Å²) in [6.07, 6.45) is 0.820. The van der Waals surface area contributed by atoms with Gasteiger partial charge in [-0.3, -0.25) is 4.57 Å². The largest absolute Gasteiger partial charge is 0.374 e. The topological polar surface area (TPSA) is 99.7 Å². The number of anilines is 1. The van der Waals surface area contributed by atoms with Crippen LogP contribution < -0.4 is 16.1 Å². The van der Waals surface area contributed by atoms with Crippen LogP contribution in [-0.4, -0.2) is 28.4 Å². The van der Waals surface area contributed by atoms with Crippen LogP contribution in [0.25, 0.3) is 0 Å². The van der Waals surface area contributed by atoms with Gasteiger partial charge in [-0.1, -0.05) is 6.07 Å². The van der Waals surface area contributed by atoms with Crippen molar-refractivity contribution < 1.29 is 14.4 Å². The van der Waals surface area contributed by atoms with Gasteiger partial charge in [-0.15, -0.1) is 12.4 Å². The Kier molecular flexibility index (Phi) is 4.17. The van der Waals surface area contributed by atoms with Crippen LogP contribution in [0, 0.1) is 0 Å². The highest BCUT2D eigenvalue weighted by atomic mass is 35.5. The summed E-state index contributed by atoms with van der Waals surface area (Å²) in [5, 5.41) is 0. The molecule has 6 nitrogen and oxygen atoms in total. The zero-order valence-electron chi connectivity index (χ0n) is 9.28. The lowest BCUT2D eigenvalue weighted by molar-refractivity contribution is 0.386. The number of rotatable bonds is 1. The summed E-state index contributed by atoms with van der Waals surface area (Å²) in [6.45, 7) is 0.742. The Labute approximate surface area is 105 Å². The molecule has 17 heavy (non-hydrogen) atoms. The first-order valence-corrected chi connectivity index (χ1v) is 6.54. The minimum Gasteiger partial charge on any atom is -0.359 e. The Bertz CT molecular complexity index is 465. The van der Waals surface area contributed by atoms with Crippen molar-refractivity contribution in [1.82, 2.24) is 4.98 Å². The number of fused-ring (bicyclic) bond motifs is 1. The van der Waals surface area contributed by atoms with E-state index in [1.807, 2.05) is 11.9 Å². The molecule has 0 fully saturated rings. The van der Waals surface area contributed by atoms with E-state index in [2.05, 4.69) is 4.98 Å². The molecule has 0 aromatic carbocycles. The molecule has 8 heteroatoms. The van der Waals surface area contributed by atoms with E-state index in [1.165, 1.54) is 6.07 Å². The molecule has 1 aromatic heterocycles. The molecule has 0 aliphatic carbocycles. The van der Waals surface area contributed by atoms with Gasteiger partial charge in [0.05, 0.1) is 0 Å². The van der Waals surface area contributed by atoms with Gasteiger partial charge in [0, 0.05) is 25.2 Å². The summed E-state index contributed by atoms with van der Waals surface area (Å²) >= 11 is 0. The molecule has 96 valence electrons. The molecule has 4 N–H and O–H groups in total. The van der Waals surface area contributed by atoms with Crippen molar-refractivity contribution in [1.29, 1.82) is 0 Å². The van der Waals surface area contributed by atoms with E-state index in [9.17, 15) is 4.57 Å². The molecular weight excluding hydrogens is 265 g/mol. The predicted octanol–water partition coefficient (Wildman–Crippen LogP) is 0.146. The fourth-order valence-corrected chi connectivity index (χ4v) is 2.29. The predicted molar refractivity (Wildman–Crippen MR) is 68.0 cm³/mol. The first-order chi connectivity index (χ1) is 7.39. The minimum atomic E-state index is -4.29. The molecule has 2 rings (SSSR count). The monoisotopic (exact) mass is 279 g/mol. The summed E-state index contributed by atoms with van der Waals surface area (Å²) in [6, 6.07) is 2.89. The number of hydrogen-bond acceptors (Lipinski definition) is 4. The molecule has 0 saturated heterocycles. The third-order valence-corrected chi connectivity index (χ3v) is 3.57.